The van der Waals surface area contributed by atoms with Gasteiger partial charge in [-0.1, -0.05) is 15.9 Å². The number of hydrogen-bond acceptors (Lipinski definition) is 2. The third-order valence-electron chi connectivity index (χ3n) is 2.26. The van der Waals surface area contributed by atoms with Crippen LogP contribution in [-0.4, -0.2) is 11.7 Å². The van der Waals surface area contributed by atoms with Gasteiger partial charge >= 0.3 is 0 Å². The van der Waals surface area contributed by atoms with Gasteiger partial charge in [0.25, 0.3) is 0 Å². The van der Waals surface area contributed by atoms with Gasteiger partial charge in [0.15, 0.2) is 0 Å². The summed E-state index contributed by atoms with van der Waals surface area (Å²) in [5, 5.41) is 9.87. The van der Waals surface area contributed by atoms with Crippen LogP contribution in [0.3, 0.4) is 0 Å². The van der Waals surface area contributed by atoms with Crippen molar-refractivity contribution in [2.45, 2.75) is 18.9 Å². The van der Waals surface area contributed by atoms with Gasteiger partial charge in [0.2, 0.25) is 0 Å². The molecular weight excluding hydrogens is 312 g/mol. The van der Waals surface area contributed by atoms with E-state index >= 15 is 0 Å². The van der Waals surface area contributed by atoms with Crippen LogP contribution >= 0.6 is 31.9 Å². The van der Waals surface area contributed by atoms with E-state index in [-0.39, 0.29) is 0 Å². The van der Waals surface area contributed by atoms with E-state index in [0.717, 1.165) is 33.1 Å². The Hall–Kier alpha value is -0.0600. The van der Waals surface area contributed by atoms with E-state index in [2.05, 4.69) is 31.9 Å². The first kappa shape index (κ1) is 10.5. The molecule has 0 amide bonds. The second-order valence-electron chi connectivity index (χ2n) is 3.31. The summed E-state index contributed by atoms with van der Waals surface area (Å²) in [5.41, 5.74) is 0.865. The highest BCUT2D eigenvalue weighted by Crippen LogP contribution is 2.39. The van der Waals surface area contributed by atoms with Crippen molar-refractivity contribution in [2.75, 3.05) is 6.61 Å². The first-order chi connectivity index (χ1) is 6.68. The average molecular weight is 322 g/mol. The van der Waals surface area contributed by atoms with Crippen molar-refractivity contribution in [3.8, 4) is 5.75 Å². The molecule has 1 aromatic carbocycles. The summed E-state index contributed by atoms with van der Waals surface area (Å²) in [6, 6.07) is 3.84. The Morgan fingerprint density at radius 1 is 1.36 bits per heavy atom. The molecule has 0 saturated heterocycles. The minimum Gasteiger partial charge on any atom is -0.492 e. The number of ether oxygens (including phenoxy) is 1. The molecule has 14 heavy (non-hydrogen) atoms. The van der Waals surface area contributed by atoms with Gasteiger partial charge in [0, 0.05) is 10.0 Å². The highest BCUT2D eigenvalue weighted by molar-refractivity contribution is 9.11. The lowest BCUT2D eigenvalue weighted by atomic mass is 10.1. The fourth-order valence-corrected chi connectivity index (χ4v) is 2.96. The molecule has 1 aliphatic rings. The number of halogens is 2. The molecule has 0 saturated carbocycles. The van der Waals surface area contributed by atoms with Crippen molar-refractivity contribution in [3.63, 3.8) is 0 Å². The van der Waals surface area contributed by atoms with E-state index in [9.17, 15) is 5.11 Å². The van der Waals surface area contributed by atoms with Crippen LogP contribution in [0.25, 0.3) is 0 Å². The quantitative estimate of drug-likeness (QED) is 0.793. The lowest BCUT2D eigenvalue weighted by Gasteiger charge is -2.12. The number of aliphatic hydroxyl groups excluding tert-OH is 1. The van der Waals surface area contributed by atoms with Crippen molar-refractivity contribution in [3.05, 3.63) is 26.6 Å². The number of fused-ring (bicyclic) bond motifs is 1. The van der Waals surface area contributed by atoms with E-state index in [0.29, 0.717) is 6.61 Å². The summed E-state index contributed by atoms with van der Waals surface area (Å²) < 4.78 is 7.42. The number of hydrogen-bond donors (Lipinski definition) is 1. The van der Waals surface area contributed by atoms with Gasteiger partial charge < -0.3 is 9.84 Å². The Morgan fingerprint density at radius 2 is 2.14 bits per heavy atom. The number of benzene rings is 1. The maximum atomic E-state index is 9.87. The number of rotatable bonds is 0. The maximum absolute atomic E-state index is 9.87. The Kier molecular flexibility index (Phi) is 3.14. The molecule has 0 radical (unpaired) electrons. The molecule has 0 fully saturated rings. The van der Waals surface area contributed by atoms with Crippen LogP contribution < -0.4 is 4.74 Å². The lowest BCUT2D eigenvalue weighted by Crippen LogP contribution is -1.97. The van der Waals surface area contributed by atoms with Gasteiger partial charge in [0.1, 0.15) is 5.75 Å². The minimum absolute atomic E-state index is 0.415. The highest BCUT2D eigenvalue weighted by atomic mass is 79.9. The molecule has 76 valence electrons. The molecule has 0 aromatic heterocycles. The summed E-state index contributed by atoms with van der Waals surface area (Å²) in [6.45, 7) is 0.671. The predicted molar refractivity (Wildman–Crippen MR) is 61.5 cm³/mol. The van der Waals surface area contributed by atoms with Crippen LogP contribution in [0.1, 0.15) is 24.5 Å². The molecule has 2 rings (SSSR count). The zero-order chi connectivity index (χ0) is 10.1. The molecule has 2 nitrogen and oxygen atoms in total. The predicted octanol–water partition coefficient (Wildman–Crippen LogP) is 3.42. The van der Waals surface area contributed by atoms with Gasteiger partial charge in [0.05, 0.1) is 17.2 Å². The van der Waals surface area contributed by atoms with E-state index in [1.54, 1.807) is 0 Å². The Balaban J connectivity index is 2.53. The van der Waals surface area contributed by atoms with Crippen molar-refractivity contribution in [1.29, 1.82) is 0 Å². The second-order valence-corrected chi connectivity index (χ2v) is 5.08. The average Bonchev–Trinajstić information content (AvgIpc) is 2.29. The monoisotopic (exact) mass is 320 g/mol. The second kappa shape index (κ2) is 4.21. The third-order valence-corrected chi connectivity index (χ3v) is 3.31. The smallest absolute Gasteiger partial charge is 0.139 e. The lowest BCUT2D eigenvalue weighted by molar-refractivity contribution is 0.167. The fraction of sp³-hybridized carbons (Fsp3) is 0.400. The van der Waals surface area contributed by atoms with Crippen LogP contribution in [0.4, 0.5) is 0 Å². The molecule has 0 spiro atoms. The summed E-state index contributed by atoms with van der Waals surface area (Å²) in [4.78, 5) is 0. The van der Waals surface area contributed by atoms with E-state index in [1.807, 2.05) is 12.1 Å². The van der Waals surface area contributed by atoms with Gasteiger partial charge in [-0.2, -0.15) is 0 Å². The molecule has 0 bridgehead atoms. The summed E-state index contributed by atoms with van der Waals surface area (Å²) in [5.74, 6) is 0.776. The van der Waals surface area contributed by atoms with E-state index < -0.39 is 6.10 Å². The molecule has 1 aromatic rings. The van der Waals surface area contributed by atoms with Crippen LogP contribution in [-0.2, 0) is 0 Å². The Bertz CT molecular complexity index is 352. The standard InChI is InChI=1S/C10H10Br2O2/c11-6-4-7-9(13)2-1-3-14-10(7)8(12)5-6/h4-5,9,13H,1-3H2. The summed E-state index contributed by atoms with van der Waals surface area (Å²) >= 11 is 6.83. The first-order valence-electron chi connectivity index (χ1n) is 4.48. The van der Waals surface area contributed by atoms with Crippen LogP contribution in [0.15, 0.2) is 21.1 Å². The Morgan fingerprint density at radius 3 is 2.93 bits per heavy atom. The molecule has 1 atom stereocenters. The molecule has 0 aliphatic carbocycles. The first-order valence-corrected chi connectivity index (χ1v) is 6.07. The third kappa shape index (κ3) is 1.97. The van der Waals surface area contributed by atoms with Crippen LogP contribution in [0.5, 0.6) is 5.75 Å². The number of aliphatic hydroxyl groups is 1. The molecular formula is C10H10Br2O2. The Labute approximate surface area is 99.5 Å². The zero-order valence-corrected chi connectivity index (χ0v) is 10.6. The van der Waals surface area contributed by atoms with Gasteiger partial charge in [-0.25, -0.2) is 0 Å². The summed E-state index contributed by atoms with van der Waals surface area (Å²) in [6.07, 6.45) is 1.23. The topological polar surface area (TPSA) is 29.5 Å². The zero-order valence-electron chi connectivity index (χ0n) is 7.46. The SMILES string of the molecule is OC1CCCOc2c(Br)cc(Br)cc21. The van der Waals surface area contributed by atoms with E-state index in [4.69, 9.17) is 4.74 Å². The summed E-state index contributed by atoms with van der Waals surface area (Å²) in [7, 11) is 0. The van der Waals surface area contributed by atoms with Gasteiger partial charge in [-0.05, 0) is 40.9 Å². The molecule has 4 heteroatoms. The van der Waals surface area contributed by atoms with Crippen molar-refractivity contribution >= 4 is 31.9 Å². The maximum Gasteiger partial charge on any atom is 0.139 e. The normalized spacial score (nSPS) is 20.9. The van der Waals surface area contributed by atoms with Crippen molar-refractivity contribution in [2.24, 2.45) is 0 Å². The largest absolute Gasteiger partial charge is 0.492 e. The van der Waals surface area contributed by atoms with Crippen LogP contribution in [0.2, 0.25) is 0 Å². The van der Waals surface area contributed by atoms with Gasteiger partial charge in [-0.15, -0.1) is 0 Å². The minimum atomic E-state index is -0.415. The van der Waals surface area contributed by atoms with Gasteiger partial charge in [-0.3, -0.25) is 0 Å². The van der Waals surface area contributed by atoms with Crippen molar-refractivity contribution < 1.29 is 9.84 Å². The van der Waals surface area contributed by atoms with Crippen molar-refractivity contribution in [1.82, 2.24) is 0 Å². The van der Waals surface area contributed by atoms with E-state index in [1.165, 1.54) is 0 Å². The fourth-order valence-electron chi connectivity index (χ4n) is 1.59. The van der Waals surface area contributed by atoms with Crippen LogP contribution in [0, 0.1) is 0 Å². The highest BCUT2D eigenvalue weighted by Gasteiger charge is 2.20. The molecule has 1 aliphatic heterocycles. The molecule has 1 heterocycles. The molecule has 1 unspecified atom stereocenters. The molecule has 1 N–H and O–H groups in total.